The average molecular weight is 352 g/mol. The fourth-order valence-electron chi connectivity index (χ4n) is 2.77. The second-order valence-corrected chi connectivity index (χ2v) is 7.18. The molecule has 2 aliphatic heterocycles. The van der Waals surface area contributed by atoms with E-state index in [-0.39, 0.29) is 5.91 Å². The molecule has 2 fully saturated rings. The summed E-state index contributed by atoms with van der Waals surface area (Å²) in [7, 11) is 0. The molecule has 0 aliphatic carbocycles. The Hall–Kier alpha value is 0.120. The van der Waals surface area contributed by atoms with E-state index in [9.17, 15) is 4.79 Å². The standard InChI is InChI=1S/C12H23IN3O/c1-11(17)14-7-9-15(10-8-14)12-3-5-16(13-2)6-4-12/h12H,3-10H2,1-2H3/q-1. The molecule has 0 aromatic heterocycles. The van der Waals surface area contributed by atoms with E-state index in [1.54, 1.807) is 6.92 Å². The van der Waals surface area contributed by atoms with E-state index in [0.717, 1.165) is 32.2 Å². The van der Waals surface area contributed by atoms with Gasteiger partial charge in [-0.15, -0.1) is 0 Å². The molecule has 2 aliphatic rings. The molecule has 4 nitrogen and oxygen atoms in total. The van der Waals surface area contributed by atoms with Crippen LogP contribution in [-0.4, -0.2) is 69.1 Å². The van der Waals surface area contributed by atoms with Crippen molar-refractivity contribution in [2.24, 2.45) is 0 Å². The Kier molecular flexibility index (Phi) is 5.05. The van der Waals surface area contributed by atoms with E-state index >= 15 is 0 Å². The summed E-state index contributed by atoms with van der Waals surface area (Å²) >= 11 is 0.294. The molecular weight excluding hydrogens is 329 g/mol. The van der Waals surface area contributed by atoms with Gasteiger partial charge in [-0.2, -0.15) is 0 Å². The van der Waals surface area contributed by atoms with Gasteiger partial charge in [0.25, 0.3) is 0 Å². The first-order valence-corrected chi connectivity index (χ1v) is 9.57. The van der Waals surface area contributed by atoms with Crippen LogP contribution in [0.1, 0.15) is 19.8 Å². The van der Waals surface area contributed by atoms with E-state index in [0.29, 0.717) is 21.5 Å². The Bertz CT molecular complexity index is 258. The summed E-state index contributed by atoms with van der Waals surface area (Å²) in [6.07, 6.45) is 2.65. The molecule has 0 radical (unpaired) electrons. The molecule has 0 aromatic rings. The predicted octanol–water partition coefficient (Wildman–Crippen LogP) is -2.75. The zero-order valence-corrected chi connectivity index (χ0v) is 13.0. The van der Waals surface area contributed by atoms with Crippen molar-refractivity contribution in [1.29, 1.82) is 0 Å². The monoisotopic (exact) mass is 352 g/mol. The molecule has 100 valence electrons. The Balaban J connectivity index is 1.76. The molecule has 0 saturated carbocycles. The minimum absolute atomic E-state index is 0.232. The summed E-state index contributed by atoms with van der Waals surface area (Å²) in [5, 5.41) is 0. The van der Waals surface area contributed by atoms with Crippen molar-refractivity contribution >= 4 is 5.91 Å². The van der Waals surface area contributed by atoms with Gasteiger partial charge in [-0.05, 0) is 0 Å². The van der Waals surface area contributed by atoms with Gasteiger partial charge in [0.2, 0.25) is 0 Å². The van der Waals surface area contributed by atoms with Crippen LogP contribution in [0.3, 0.4) is 0 Å². The third kappa shape index (κ3) is 3.54. The third-order valence-corrected chi connectivity index (χ3v) is 6.25. The van der Waals surface area contributed by atoms with Crippen LogP contribution >= 0.6 is 0 Å². The van der Waals surface area contributed by atoms with E-state index in [4.69, 9.17) is 0 Å². The third-order valence-electron chi connectivity index (χ3n) is 3.92. The fourth-order valence-corrected chi connectivity index (χ4v) is 4.29. The zero-order chi connectivity index (χ0) is 12.3. The number of carbonyl (C=O) groups excluding carboxylic acids is 1. The molecule has 5 heteroatoms. The second-order valence-electron chi connectivity index (χ2n) is 4.85. The predicted molar refractivity (Wildman–Crippen MR) is 64.3 cm³/mol. The number of halogens is 1. The number of rotatable bonds is 2. The number of piperazine rings is 1. The van der Waals surface area contributed by atoms with Crippen LogP contribution < -0.4 is 21.5 Å². The summed E-state index contributed by atoms with van der Waals surface area (Å²) in [4.78, 5) is 18.2. The van der Waals surface area contributed by atoms with Gasteiger partial charge in [0.15, 0.2) is 0 Å². The van der Waals surface area contributed by atoms with E-state index < -0.39 is 0 Å². The maximum absolute atomic E-state index is 11.3. The Morgan fingerprint density at radius 1 is 1.06 bits per heavy atom. The van der Waals surface area contributed by atoms with Crippen LogP contribution in [0.2, 0.25) is 0 Å². The van der Waals surface area contributed by atoms with Gasteiger partial charge < -0.3 is 0 Å². The van der Waals surface area contributed by atoms with Crippen LogP contribution in [0, 0.1) is 0 Å². The van der Waals surface area contributed by atoms with Crippen LogP contribution in [-0.2, 0) is 4.79 Å². The first-order chi connectivity index (χ1) is 8.20. The summed E-state index contributed by atoms with van der Waals surface area (Å²) < 4.78 is 2.64. The number of nitrogens with zero attached hydrogens (tertiary/aromatic N) is 3. The van der Waals surface area contributed by atoms with Crippen molar-refractivity contribution in [3.8, 4) is 0 Å². The molecular formula is C12H23IN3O-. The van der Waals surface area contributed by atoms with Crippen molar-refractivity contribution in [1.82, 2.24) is 12.9 Å². The first-order valence-electron chi connectivity index (χ1n) is 6.45. The number of hydrogen-bond donors (Lipinski definition) is 0. The molecule has 17 heavy (non-hydrogen) atoms. The van der Waals surface area contributed by atoms with Gasteiger partial charge in [-0.3, -0.25) is 0 Å². The molecule has 0 atom stereocenters. The van der Waals surface area contributed by atoms with Crippen molar-refractivity contribution in [2.75, 3.05) is 44.2 Å². The van der Waals surface area contributed by atoms with Crippen molar-refractivity contribution in [3.05, 3.63) is 0 Å². The molecule has 2 saturated heterocycles. The average Bonchev–Trinajstić information content (AvgIpc) is 2.39. The molecule has 0 spiro atoms. The summed E-state index contributed by atoms with van der Waals surface area (Å²) in [6.45, 7) is 8.27. The van der Waals surface area contributed by atoms with Crippen molar-refractivity contribution in [3.63, 3.8) is 0 Å². The van der Waals surface area contributed by atoms with Crippen LogP contribution in [0.5, 0.6) is 0 Å². The van der Waals surface area contributed by atoms with Crippen LogP contribution in [0.25, 0.3) is 0 Å². The second kappa shape index (κ2) is 6.33. The van der Waals surface area contributed by atoms with Gasteiger partial charge in [-0.25, -0.2) is 0 Å². The van der Waals surface area contributed by atoms with Crippen LogP contribution in [0.4, 0.5) is 0 Å². The maximum atomic E-state index is 11.3. The van der Waals surface area contributed by atoms with Gasteiger partial charge in [-0.1, -0.05) is 0 Å². The van der Waals surface area contributed by atoms with E-state index in [1.807, 2.05) is 4.90 Å². The van der Waals surface area contributed by atoms with E-state index in [2.05, 4.69) is 12.9 Å². The van der Waals surface area contributed by atoms with Gasteiger partial charge in [0.1, 0.15) is 0 Å². The van der Waals surface area contributed by atoms with Crippen LogP contribution in [0.15, 0.2) is 0 Å². The molecule has 0 aromatic carbocycles. The number of alkyl halides is 1. The number of carbonyl (C=O) groups is 1. The number of amides is 1. The molecule has 0 bridgehead atoms. The SMILES string of the molecule is C[I-]N1CCC(N2CCN(C(C)=O)CC2)CC1. The molecule has 2 rings (SSSR count). The van der Waals surface area contributed by atoms with Crippen molar-refractivity contribution < 1.29 is 26.3 Å². The summed E-state index contributed by atoms with van der Waals surface area (Å²) in [6, 6.07) is 0.774. The van der Waals surface area contributed by atoms with Gasteiger partial charge in [0, 0.05) is 0 Å². The van der Waals surface area contributed by atoms with E-state index in [1.165, 1.54) is 25.9 Å². The molecule has 2 heterocycles. The van der Waals surface area contributed by atoms with Gasteiger partial charge in [0.05, 0.1) is 0 Å². The molecule has 1 amide bonds. The number of piperidine rings is 1. The fraction of sp³-hybridized carbons (Fsp3) is 0.917. The molecule has 0 unspecified atom stereocenters. The minimum atomic E-state index is 0.232. The summed E-state index contributed by atoms with van der Waals surface area (Å²) in [5.74, 6) is 0.232. The topological polar surface area (TPSA) is 26.8 Å². The summed E-state index contributed by atoms with van der Waals surface area (Å²) in [5.41, 5.74) is 0. The first kappa shape index (κ1) is 13.5. The Labute approximate surface area is 115 Å². The normalized spacial score (nSPS) is 25.4. The van der Waals surface area contributed by atoms with Crippen molar-refractivity contribution in [2.45, 2.75) is 25.8 Å². The molecule has 0 N–H and O–H groups in total. The zero-order valence-electron chi connectivity index (χ0n) is 10.9. The Morgan fingerprint density at radius 2 is 1.65 bits per heavy atom. The quantitative estimate of drug-likeness (QED) is 0.306. The van der Waals surface area contributed by atoms with Gasteiger partial charge >= 0.3 is 115 Å². The number of hydrogen-bond acceptors (Lipinski definition) is 3. The Morgan fingerprint density at radius 3 is 2.12 bits per heavy atom.